The molecule has 20 heavy (non-hydrogen) atoms. The molecule has 1 aromatic rings. The lowest BCUT2D eigenvalue weighted by Crippen LogP contribution is -2.47. The maximum atomic E-state index is 12.2. The van der Waals surface area contributed by atoms with Crippen LogP contribution in [-0.2, 0) is 10.0 Å². The van der Waals surface area contributed by atoms with Gasteiger partial charge < -0.3 is 5.32 Å². The predicted molar refractivity (Wildman–Crippen MR) is 71.7 cm³/mol. The Bertz CT molecular complexity index is 629. The number of hydrogen-bond donors (Lipinski definition) is 2. The number of nitrogens with zero attached hydrogens (tertiary/aromatic N) is 1. The molecule has 0 unspecified atom stereocenters. The standard InChI is InChI=1S/C12H15N3O4S/c16-15(17)9-1-3-10(4-2-9)20(18,19)14-12-6-8-5-11(12)13-7-8/h1-4,8,11-14H,5-7H2/t8-,11+,12+/m1/s1. The van der Waals surface area contributed by atoms with Gasteiger partial charge in [0, 0.05) is 24.2 Å². The van der Waals surface area contributed by atoms with E-state index in [1.54, 1.807) is 0 Å². The summed E-state index contributed by atoms with van der Waals surface area (Å²) in [5.74, 6) is 0.546. The van der Waals surface area contributed by atoms with E-state index in [1.807, 2.05) is 0 Å². The third-order valence-electron chi connectivity index (χ3n) is 3.99. The number of benzene rings is 1. The van der Waals surface area contributed by atoms with E-state index in [1.165, 1.54) is 24.3 Å². The topological polar surface area (TPSA) is 101 Å². The Balaban J connectivity index is 1.76. The molecule has 7 nitrogen and oxygen atoms in total. The Morgan fingerprint density at radius 1 is 1.25 bits per heavy atom. The summed E-state index contributed by atoms with van der Waals surface area (Å²) < 4.78 is 27.2. The van der Waals surface area contributed by atoms with Crippen LogP contribution < -0.4 is 10.0 Å². The molecule has 1 aliphatic heterocycles. The number of fused-ring (bicyclic) bond motifs is 2. The minimum absolute atomic E-state index is 0.0610. The Morgan fingerprint density at radius 3 is 2.45 bits per heavy atom. The first kappa shape index (κ1) is 13.5. The molecule has 2 N–H and O–H groups in total. The molecule has 0 amide bonds. The smallest absolute Gasteiger partial charge is 0.269 e. The minimum atomic E-state index is -3.62. The van der Waals surface area contributed by atoms with Gasteiger partial charge in [-0.1, -0.05) is 0 Å². The fourth-order valence-corrected chi connectivity index (χ4v) is 4.29. The zero-order chi connectivity index (χ0) is 14.3. The molecule has 8 heteroatoms. The van der Waals surface area contributed by atoms with Crippen LogP contribution in [0, 0.1) is 16.0 Å². The summed E-state index contributed by atoms with van der Waals surface area (Å²) >= 11 is 0. The molecule has 1 saturated carbocycles. The van der Waals surface area contributed by atoms with Gasteiger partial charge in [0.15, 0.2) is 0 Å². The maximum Gasteiger partial charge on any atom is 0.269 e. The molecule has 1 saturated heterocycles. The van der Waals surface area contributed by atoms with Gasteiger partial charge in [-0.15, -0.1) is 0 Å². The lowest BCUT2D eigenvalue weighted by molar-refractivity contribution is -0.384. The Labute approximate surface area is 116 Å². The summed E-state index contributed by atoms with van der Waals surface area (Å²) in [5, 5.41) is 13.8. The summed E-state index contributed by atoms with van der Waals surface area (Å²) in [4.78, 5) is 10.1. The molecule has 2 bridgehead atoms. The monoisotopic (exact) mass is 297 g/mol. The van der Waals surface area contributed by atoms with E-state index >= 15 is 0 Å². The third-order valence-corrected chi connectivity index (χ3v) is 5.50. The molecular formula is C12H15N3O4S. The van der Waals surface area contributed by atoms with Gasteiger partial charge in [0.1, 0.15) is 0 Å². The SMILES string of the molecule is O=[N+]([O-])c1ccc(S(=O)(=O)N[C@H]2C[C@@H]3CN[C@H]2C3)cc1. The predicted octanol–water partition coefficient (Wildman–Crippen LogP) is 0.623. The molecule has 3 rings (SSSR count). The quantitative estimate of drug-likeness (QED) is 0.627. The number of nitro benzene ring substituents is 1. The van der Waals surface area contributed by atoms with Crippen molar-refractivity contribution in [1.82, 2.24) is 10.0 Å². The molecule has 0 aromatic heterocycles. The second-order valence-corrected chi connectivity index (χ2v) is 7.04. The highest BCUT2D eigenvalue weighted by atomic mass is 32.2. The van der Waals surface area contributed by atoms with Crippen LogP contribution in [0.25, 0.3) is 0 Å². The van der Waals surface area contributed by atoms with Crippen LogP contribution in [0.5, 0.6) is 0 Å². The Morgan fingerprint density at radius 2 is 1.95 bits per heavy atom. The van der Waals surface area contributed by atoms with E-state index in [-0.39, 0.29) is 22.7 Å². The molecule has 1 aliphatic carbocycles. The van der Waals surface area contributed by atoms with Crippen LogP contribution >= 0.6 is 0 Å². The number of sulfonamides is 1. The number of nitro groups is 1. The van der Waals surface area contributed by atoms with E-state index in [2.05, 4.69) is 10.0 Å². The van der Waals surface area contributed by atoms with E-state index in [0.29, 0.717) is 5.92 Å². The normalized spacial score (nSPS) is 28.7. The first-order chi connectivity index (χ1) is 9.45. The van der Waals surface area contributed by atoms with Gasteiger partial charge in [0.25, 0.3) is 5.69 Å². The summed E-state index contributed by atoms with van der Waals surface area (Å²) in [6, 6.07) is 5.05. The zero-order valence-corrected chi connectivity index (χ0v) is 11.5. The highest BCUT2D eigenvalue weighted by Gasteiger charge is 2.41. The molecule has 2 aliphatic rings. The van der Waals surface area contributed by atoms with E-state index in [0.717, 1.165) is 19.4 Å². The van der Waals surface area contributed by atoms with Crippen molar-refractivity contribution in [2.24, 2.45) is 5.92 Å². The van der Waals surface area contributed by atoms with E-state index < -0.39 is 14.9 Å². The highest BCUT2D eigenvalue weighted by molar-refractivity contribution is 7.89. The largest absolute Gasteiger partial charge is 0.312 e. The number of rotatable bonds is 4. The van der Waals surface area contributed by atoms with Crippen LogP contribution in [0.1, 0.15) is 12.8 Å². The average Bonchev–Trinajstić information content (AvgIpc) is 3.00. The van der Waals surface area contributed by atoms with Crippen LogP contribution in [0.3, 0.4) is 0 Å². The van der Waals surface area contributed by atoms with Gasteiger partial charge in [-0.05, 0) is 37.4 Å². The third kappa shape index (κ3) is 2.41. The van der Waals surface area contributed by atoms with Gasteiger partial charge in [-0.2, -0.15) is 0 Å². The van der Waals surface area contributed by atoms with Gasteiger partial charge >= 0.3 is 0 Å². The van der Waals surface area contributed by atoms with Gasteiger partial charge in [-0.25, -0.2) is 13.1 Å². The average molecular weight is 297 g/mol. The first-order valence-corrected chi connectivity index (χ1v) is 7.94. The summed E-state index contributed by atoms with van der Waals surface area (Å²) in [5.41, 5.74) is -0.120. The number of nitrogens with one attached hydrogen (secondary N) is 2. The van der Waals surface area contributed by atoms with Crippen molar-refractivity contribution in [2.75, 3.05) is 6.54 Å². The number of non-ortho nitro benzene ring substituents is 1. The van der Waals surface area contributed by atoms with Crippen molar-refractivity contribution in [1.29, 1.82) is 0 Å². The fourth-order valence-electron chi connectivity index (χ4n) is 3.00. The molecular weight excluding hydrogens is 282 g/mol. The van der Waals surface area contributed by atoms with Crippen molar-refractivity contribution in [3.8, 4) is 0 Å². The van der Waals surface area contributed by atoms with E-state index in [9.17, 15) is 18.5 Å². The number of piperidine rings is 1. The summed E-state index contributed by atoms with van der Waals surface area (Å²) in [7, 11) is -3.62. The van der Waals surface area contributed by atoms with Crippen molar-refractivity contribution >= 4 is 15.7 Å². The van der Waals surface area contributed by atoms with Crippen molar-refractivity contribution in [2.45, 2.75) is 29.8 Å². The summed E-state index contributed by atoms with van der Waals surface area (Å²) in [6.45, 7) is 0.959. The van der Waals surface area contributed by atoms with Crippen LogP contribution in [0.4, 0.5) is 5.69 Å². The second kappa shape index (κ2) is 4.80. The van der Waals surface area contributed by atoms with Gasteiger partial charge in [0.2, 0.25) is 10.0 Å². The highest BCUT2D eigenvalue weighted by Crippen LogP contribution is 2.32. The molecule has 1 aromatic carbocycles. The van der Waals surface area contributed by atoms with Gasteiger partial charge in [-0.3, -0.25) is 10.1 Å². The molecule has 3 atom stereocenters. The van der Waals surface area contributed by atoms with Crippen molar-refractivity contribution in [3.63, 3.8) is 0 Å². The van der Waals surface area contributed by atoms with Crippen LogP contribution in [0.2, 0.25) is 0 Å². The zero-order valence-electron chi connectivity index (χ0n) is 10.7. The lowest BCUT2D eigenvalue weighted by atomic mass is 10.1. The molecule has 0 radical (unpaired) electrons. The molecule has 0 spiro atoms. The summed E-state index contributed by atoms with van der Waals surface area (Å²) in [6.07, 6.45) is 1.86. The minimum Gasteiger partial charge on any atom is -0.312 e. The van der Waals surface area contributed by atoms with E-state index in [4.69, 9.17) is 0 Å². The Kier molecular flexibility index (Phi) is 3.23. The van der Waals surface area contributed by atoms with Gasteiger partial charge in [0.05, 0.1) is 9.82 Å². The second-order valence-electron chi connectivity index (χ2n) is 5.33. The van der Waals surface area contributed by atoms with Crippen molar-refractivity contribution in [3.05, 3.63) is 34.4 Å². The molecule has 108 valence electrons. The van der Waals surface area contributed by atoms with Crippen LogP contribution in [0.15, 0.2) is 29.2 Å². The van der Waals surface area contributed by atoms with Crippen LogP contribution in [-0.4, -0.2) is 32.0 Å². The lowest BCUT2D eigenvalue weighted by Gasteiger charge is -2.23. The Hall–Kier alpha value is -1.51. The fraction of sp³-hybridized carbons (Fsp3) is 0.500. The molecule has 2 fully saturated rings. The van der Waals surface area contributed by atoms with Crippen molar-refractivity contribution < 1.29 is 13.3 Å². The maximum absolute atomic E-state index is 12.2. The molecule has 1 heterocycles. The number of hydrogen-bond acceptors (Lipinski definition) is 5. The first-order valence-electron chi connectivity index (χ1n) is 6.46.